The van der Waals surface area contributed by atoms with Crippen molar-refractivity contribution in [1.29, 1.82) is 0 Å². The average molecular weight is 455 g/mol. The van der Waals surface area contributed by atoms with Gasteiger partial charge in [0.25, 0.3) is 0 Å². The Hall–Kier alpha value is -2.49. The van der Waals surface area contributed by atoms with Crippen LogP contribution in [0.1, 0.15) is 0 Å². The van der Waals surface area contributed by atoms with Crippen molar-refractivity contribution in [1.82, 2.24) is 0 Å². The van der Waals surface area contributed by atoms with Crippen molar-refractivity contribution in [3.63, 3.8) is 0 Å². The first-order valence-electron chi connectivity index (χ1n) is 8.76. The molecule has 3 aromatic carbocycles. The SMILES string of the molecule is O=S(=O)(O)C(F)(F)C(F)COc1ccc([S+](c2ccccc2)c2ccccc2)cc1. The van der Waals surface area contributed by atoms with Crippen LogP contribution in [0.5, 0.6) is 5.75 Å². The van der Waals surface area contributed by atoms with E-state index in [0.29, 0.717) is 0 Å². The predicted octanol–water partition coefficient (Wildman–Crippen LogP) is 4.98. The van der Waals surface area contributed by atoms with Crippen LogP contribution in [0.25, 0.3) is 0 Å². The van der Waals surface area contributed by atoms with Crippen molar-refractivity contribution in [2.75, 3.05) is 6.61 Å². The molecule has 1 N–H and O–H groups in total. The molecule has 0 fully saturated rings. The minimum absolute atomic E-state index is 0.0946. The van der Waals surface area contributed by atoms with Gasteiger partial charge in [-0.05, 0) is 48.5 Å². The van der Waals surface area contributed by atoms with Gasteiger partial charge in [0, 0.05) is 0 Å². The maximum atomic E-state index is 13.6. The largest absolute Gasteiger partial charge is 0.490 e. The number of alkyl halides is 3. The van der Waals surface area contributed by atoms with Crippen LogP contribution >= 0.6 is 0 Å². The van der Waals surface area contributed by atoms with Gasteiger partial charge in [0.1, 0.15) is 12.4 Å². The molecule has 0 amide bonds. The molecule has 4 nitrogen and oxygen atoms in total. The topological polar surface area (TPSA) is 63.6 Å². The number of ether oxygens (including phenoxy) is 1. The predicted molar refractivity (Wildman–Crippen MR) is 108 cm³/mol. The fourth-order valence-corrected chi connectivity index (χ4v) is 5.10. The average Bonchev–Trinajstić information content (AvgIpc) is 2.74. The fraction of sp³-hybridized carbons (Fsp3) is 0.143. The van der Waals surface area contributed by atoms with E-state index in [0.717, 1.165) is 14.7 Å². The summed E-state index contributed by atoms with van der Waals surface area (Å²) in [5, 5.41) is -4.94. The van der Waals surface area contributed by atoms with E-state index in [9.17, 15) is 21.6 Å². The first-order valence-corrected chi connectivity index (χ1v) is 11.4. The van der Waals surface area contributed by atoms with Crippen molar-refractivity contribution < 1.29 is 30.9 Å². The Kier molecular flexibility index (Phi) is 6.74. The van der Waals surface area contributed by atoms with Crippen molar-refractivity contribution in [2.24, 2.45) is 0 Å². The van der Waals surface area contributed by atoms with E-state index < -0.39 is 39.0 Å². The summed E-state index contributed by atoms with van der Waals surface area (Å²) >= 11 is 0. The normalized spacial score (nSPS) is 13.2. The molecule has 0 aliphatic carbocycles. The van der Waals surface area contributed by atoms with E-state index in [4.69, 9.17) is 9.29 Å². The third-order valence-corrected chi connectivity index (χ3v) is 7.30. The van der Waals surface area contributed by atoms with Crippen molar-refractivity contribution in [2.45, 2.75) is 26.1 Å². The summed E-state index contributed by atoms with van der Waals surface area (Å²) in [5.41, 5.74) is 0. The third kappa shape index (κ3) is 4.97. The summed E-state index contributed by atoms with van der Waals surface area (Å²) in [6, 6.07) is 26.1. The molecule has 0 heterocycles. The summed E-state index contributed by atoms with van der Waals surface area (Å²) in [7, 11) is -6.30. The Labute approximate surface area is 175 Å². The highest BCUT2D eigenvalue weighted by molar-refractivity contribution is 7.97. The van der Waals surface area contributed by atoms with Gasteiger partial charge in [-0.25, -0.2) is 4.39 Å². The zero-order valence-corrected chi connectivity index (χ0v) is 17.1. The first-order chi connectivity index (χ1) is 14.2. The zero-order valence-electron chi connectivity index (χ0n) is 15.5. The molecule has 1 unspecified atom stereocenters. The Bertz CT molecular complexity index is 1020. The molecular weight excluding hydrogens is 437 g/mol. The van der Waals surface area contributed by atoms with E-state index in [1.54, 1.807) is 12.1 Å². The van der Waals surface area contributed by atoms with Gasteiger partial charge < -0.3 is 4.74 Å². The monoisotopic (exact) mass is 455 g/mol. The molecule has 0 aliphatic heterocycles. The van der Waals surface area contributed by atoms with Gasteiger partial charge in [0.15, 0.2) is 14.7 Å². The maximum absolute atomic E-state index is 13.6. The minimum Gasteiger partial charge on any atom is -0.490 e. The Morgan fingerprint density at radius 3 is 1.70 bits per heavy atom. The van der Waals surface area contributed by atoms with Gasteiger partial charge in [-0.1, -0.05) is 36.4 Å². The Morgan fingerprint density at radius 2 is 1.27 bits per heavy atom. The molecule has 9 heteroatoms. The van der Waals surface area contributed by atoms with Crippen molar-refractivity contribution in [3.8, 4) is 5.75 Å². The highest BCUT2D eigenvalue weighted by Gasteiger charge is 2.53. The van der Waals surface area contributed by atoms with E-state index in [2.05, 4.69) is 0 Å². The summed E-state index contributed by atoms with van der Waals surface area (Å²) < 4.78 is 74.8. The third-order valence-electron chi connectivity index (χ3n) is 4.12. The molecule has 30 heavy (non-hydrogen) atoms. The van der Waals surface area contributed by atoms with E-state index >= 15 is 0 Å². The molecule has 1 atom stereocenters. The highest BCUT2D eigenvalue weighted by Crippen LogP contribution is 2.32. The number of rotatable bonds is 8. The lowest BCUT2D eigenvalue weighted by molar-refractivity contribution is -0.0220. The minimum atomic E-state index is -5.87. The molecule has 0 aromatic heterocycles. The quantitative estimate of drug-likeness (QED) is 0.384. The van der Waals surface area contributed by atoms with E-state index in [-0.39, 0.29) is 5.75 Å². The number of hydrogen-bond acceptors (Lipinski definition) is 3. The molecule has 158 valence electrons. The molecular formula is C21H18F3O4S2+. The van der Waals surface area contributed by atoms with Crippen LogP contribution in [0.4, 0.5) is 13.2 Å². The molecule has 0 bridgehead atoms. The molecule has 0 saturated heterocycles. The van der Waals surface area contributed by atoms with E-state index in [1.807, 2.05) is 60.7 Å². The van der Waals surface area contributed by atoms with Crippen LogP contribution in [0.15, 0.2) is 99.6 Å². The molecule has 3 aromatic rings. The first kappa shape index (κ1) is 22.2. The second-order valence-corrected chi connectivity index (χ2v) is 9.74. The van der Waals surface area contributed by atoms with Crippen LogP contribution in [-0.2, 0) is 21.0 Å². The lowest BCUT2D eigenvalue weighted by Crippen LogP contribution is -2.41. The van der Waals surface area contributed by atoms with Crippen LogP contribution in [0, 0.1) is 0 Å². The fourth-order valence-electron chi connectivity index (χ4n) is 2.62. The van der Waals surface area contributed by atoms with Crippen molar-refractivity contribution >= 4 is 21.0 Å². The highest BCUT2D eigenvalue weighted by atomic mass is 32.2. The molecule has 0 aliphatic rings. The van der Waals surface area contributed by atoms with Gasteiger partial charge in [-0.3, -0.25) is 4.55 Å². The summed E-state index contributed by atoms with van der Waals surface area (Å²) in [5.74, 6) is 0.0946. The lowest BCUT2D eigenvalue weighted by Gasteiger charge is -2.18. The van der Waals surface area contributed by atoms with Crippen molar-refractivity contribution in [3.05, 3.63) is 84.9 Å². The lowest BCUT2D eigenvalue weighted by atomic mass is 10.3. The molecule has 0 saturated carbocycles. The smallest absolute Gasteiger partial charge is 0.403 e. The van der Waals surface area contributed by atoms with Gasteiger partial charge >= 0.3 is 15.4 Å². The van der Waals surface area contributed by atoms with Gasteiger partial charge in [-0.2, -0.15) is 17.2 Å². The Balaban J connectivity index is 1.80. The second-order valence-electron chi connectivity index (χ2n) is 6.22. The van der Waals surface area contributed by atoms with Crippen LogP contribution in [0.3, 0.4) is 0 Å². The van der Waals surface area contributed by atoms with Gasteiger partial charge in [0.2, 0.25) is 6.17 Å². The van der Waals surface area contributed by atoms with Crippen LogP contribution in [0.2, 0.25) is 0 Å². The molecule has 3 rings (SSSR count). The molecule has 0 spiro atoms. The zero-order chi connectivity index (χ0) is 21.8. The number of benzene rings is 3. The van der Waals surface area contributed by atoms with Gasteiger partial charge in [0.05, 0.1) is 10.9 Å². The number of halogens is 3. The number of hydrogen-bond donors (Lipinski definition) is 1. The summed E-state index contributed by atoms with van der Waals surface area (Å²) in [4.78, 5) is 3.09. The maximum Gasteiger partial charge on any atom is 0.403 e. The van der Waals surface area contributed by atoms with Gasteiger partial charge in [-0.15, -0.1) is 0 Å². The molecule has 0 radical (unpaired) electrons. The summed E-state index contributed by atoms with van der Waals surface area (Å²) in [6.45, 7) is -1.23. The summed E-state index contributed by atoms with van der Waals surface area (Å²) in [6.07, 6.45) is -3.21. The van der Waals surface area contributed by atoms with Crippen LogP contribution in [-0.4, -0.2) is 31.0 Å². The standard InChI is InChI=1S/C21H17F3O4S2/c22-20(21(23,24)30(25,26)27)15-28-16-11-13-19(14-12-16)29(17-7-3-1-4-8-17)18-9-5-2-6-10-18/h1-14,20H,15H2/p+1. The van der Waals surface area contributed by atoms with Crippen LogP contribution < -0.4 is 4.74 Å². The Morgan fingerprint density at radius 1 is 0.833 bits per heavy atom. The van der Waals surface area contributed by atoms with E-state index in [1.165, 1.54) is 12.1 Å². The second kappa shape index (κ2) is 9.11.